The number of nitrogens with one attached hydrogen (secondary N) is 1. The molecule has 5 nitrogen and oxygen atoms in total. The lowest BCUT2D eigenvalue weighted by Crippen LogP contribution is -2.25. The molecule has 1 N–H and O–H groups in total. The van der Waals surface area contributed by atoms with Crippen molar-refractivity contribution in [1.82, 2.24) is 14.7 Å². The molecule has 110 valence electrons. The van der Waals surface area contributed by atoms with E-state index < -0.39 is 0 Å². The topological polar surface area (TPSA) is 50.2 Å². The lowest BCUT2D eigenvalue weighted by atomic mass is 10.1. The van der Waals surface area contributed by atoms with Crippen LogP contribution in [0, 0.1) is 5.92 Å². The Hall–Kier alpha value is -2.14. The highest BCUT2D eigenvalue weighted by Crippen LogP contribution is 2.18. The molecule has 1 aromatic carbocycles. The summed E-state index contributed by atoms with van der Waals surface area (Å²) in [6, 6.07) is 9.86. The highest BCUT2D eigenvalue weighted by atomic mass is 16.1. The van der Waals surface area contributed by atoms with Crippen LogP contribution in [0.15, 0.2) is 42.7 Å². The predicted molar refractivity (Wildman–Crippen MR) is 82.0 cm³/mol. The molecule has 0 bridgehead atoms. The average molecular weight is 284 g/mol. The van der Waals surface area contributed by atoms with Gasteiger partial charge in [-0.2, -0.15) is 5.10 Å². The van der Waals surface area contributed by atoms with Crippen LogP contribution in [0.3, 0.4) is 0 Å². The van der Waals surface area contributed by atoms with E-state index >= 15 is 0 Å². The molecular weight excluding hydrogens is 264 g/mol. The van der Waals surface area contributed by atoms with E-state index in [4.69, 9.17) is 0 Å². The molecule has 2 aromatic rings. The van der Waals surface area contributed by atoms with Gasteiger partial charge in [-0.3, -0.25) is 9.48 Å². The van der Waals surface area contributed by atoms with Crippen LogP contribution in [0.2, 0.25) is 0 Å². The zero-order valence-electron chi connectivity index (χ0n) is 12.2. The number of amides is 1. The van der Waals surface area contributed by atoms with E-state index in [1.807, 2.05) is 41.2 Å². The van der Waals surface area contributed by atoms with E-state index in [1.165, 1.54) is 0 Å². The maximum absolute atomic E-state index is 12.2. The summed E-state index contributed by atoms with van der Waals surface area (Å²) in [6.45, 7) is 2.55. The molecule has 1 atom stereocenters. The number of carbonyl (C=O) groups is 1. The van der Waals surface area contributed by atoms with Gasteiger partial charge in [0.1, 0.15) is 0 Å². The van der Waals surface area contributed by atoms with Gasteiger partial charge in [-0.15, -0.1) is 0 Å². The summed E-state index contributed by atoms with van der Waals surface area (Å²) in [5.41, 5.74) is 1.99. The normalized spacial score (nSPS) is 18.8. The lowest BCUT2D eigenvalue weighted by molar-refractivity contribution is -0.119. The second kappa shape index (κ2) is 6.10. The number of carbonyl (C=O) groups excluding carboxylic acids is 1. The third-order valence-corrected chi connectivity index (χ3v) is 3.86. The van der Waals surface area contributed by atoms with Crippen molar-refractivity contribution in [3.8, 4) is 0 Å². The van der Waals surface area contributed by atoms with Crippen LogP contribution in [-0.2, 0) is 11.3 Å². The first-order valence-electron chi connectivity index (χ1n) is 7.26. The molecule has 2 heterocycles. The number of hydrogen-bond acceptors (Lipinski definition) is 3. The van der Waals surface area contributed by atoms with Gasteiger partial charge in [0.25, 0.3) is 0 Å². The van der Waals surface area contributed by atoms with Crippen LogP contribution in [-0.4, -0.2) is 40.7 Å². The Kier molecular flexibility index (Phi) is 4.01. The first-order valence-corrected chi connectivity index (χ1v) is 7.26. The molecule has 1 amide bonds. The first-order chi connectivity index (χ1) is 10.2. The van der Waals surface area contributed by atoms with E-state index in [9.17, 15) is 4.79 Å². The van der Waals surface area contributed by atoms with Gasteiger partial charge in [0.05, 0.1) is 12.5 Å². The minimum atomic E-state index is 0.102. The Morgan fingerprint density at radius 1 is 1.43 bits per heavy atom. The van der Waals surface area contributed by atoms with E-state index in [0.717, 1.165) is 30.8 Å². The smallest absolute Gasteiger partial charge is 0.228 e. The predicted octanol–water partition coefficient (Wildman–Crippen LogP) is 1.82. The van der Waals surface area contributed by atoms with E-state index in [2.05, 4.69) is 22.4 Å². The highest BCUT2D eigenvalue weighted by Gasteiger charge is 2.25. The van der Waals surface area contributed by atoms with E-state index in [0.29, 0.717) is 6.54 Å². The quantitative estimate of drug-likeness (QED) is 0.931. The van der Waals surface area contributed by atoms with Crippen molar-refractivity contribution in [2.24, 2.45) is 5.92 Å². The van der Waals surface area contributed by atoms with Gasteiger partial charge in [0.15, 0.2) is 0 Å². The molecule has 5 heteroatoms. The van der Waals surface area contributed by atoms with Gasteiger partial charge >= 0.3 is 0 Å². The van der Waals surface area contributed by atoms with Gasteiger partial charge in [-0.05, 0) is 43.8 Å². The Balaban J connectivity index is 1.64. The molecule has 21 heavy (non-hydrogen) atoms. The summed E-state index contributed by atoms with van der Waals surface area (Å²) < 4.78 is 1.87. The molecule has 0 unspecified atom stereocenters. The standard InChI is InChI=1S/C16H20N4O/c1-19-9-6-14(12-19)16(21)18-15-5-2-4-13(10-15)11-20-8-3-7-17-20/h2-5,7-8,10,14H,6,9,11-12H2,1H3,(H,18,21)/t14-/m1/s1. The van der Waals surface area contributed by atoms with Gasteiger partial charge in [0, 0.05) is 24.6 Å². The number of rotatable bonds is 4. The largest absolute Gasteiger partial charge is 0.326 e. The Labute approximate surface area is 124 Å². The molecule has 0 saturated carbocycles. The summed E-state index contributed by atoms with van der Waals surface area (Å²) in [5, 5.41) is 7.23. The highest BCUT2D eigenvalue weighted by molar-refractivity contribution is 5.92. The number of hydrogen-bond donors (Lipinski definition) is 1. The summed E-state index contributed by atoms with van der Waals surface area (Å²) in [4.78, 5) is 14.4. The second-order valence-electron chi connectivity index (χ2n) is 5.64. The van der Waals surface area contributed by atoms with Gasteiger partial charge in [-0.25, -0.2) is 0 Å². The molecule has 1 fully saturated rings. The molecular formula is C16H20N4O. The number of likely N-dealkylation sites (tertiary alicyclic amines) is 1. The average Bonchev–Trinajstić information content (AvgIpc) is 3.11. The SMILES string of the molecule is CN1CC[C@@H](C(=O)Nc2cccc(Cn3cccn3)c2)C1. The minimum Gasteiger partial charge on any atom is -0.326 e. The van der Waals surface area contributed by atoms with Crippen LogP contribution in [0.1, 0.15) is 12.0 Å². The van der Waals surface area contributed by atoms with Crippen LogP contribution >= 0.6 is 0 Å². The summed E-state index contributed by atoms with van der Waals surface area (Å²) in [5.74, 6) is 0.223. The van der Waals surface area contributed by atoms with Crippen molar-refractivity contribution in [2.75, 3.05) is 25.5 Å². The number of benzene rings is 1. The fourth-order valence-corrected chi connectivity index (χ4v) is 2.72. The monoisotopic (exact) mass is 284 g/mol. The zero-order valence-corrected chi connectivity index (χ0v) is 12.2. The maximum Gasteiger partial charge on any atom is 0.228 e. The van der Waals surface area contributed by atoms with Gasteiger partial charge < -0.3 is 10.2 Å². The summed E-state index contributed by atoms with van der Waals surface area (Å²) in [6.07, 6.45) is 4.64. The molecule has 1 aromatic heterocycles. The fourth-order valence-electron chi connectivity index (χ4n) is 2.72. The van der Waals surface area contributed by atoms with Gasteiger partial charge in [-0.1, -0.05) is 12.1 Å². The second-order valence-corrected chi connectivity index (χ2v) is 5.64. The third kappa shape index (κ3) is 3.49. The molecule has 0 radical (unpaired) electrons. The number of aromatic nitrogens is 2. The molecule has 0 spiro atoms. The van der Waals surface area contributed by atoms with Crippen molar-refractivity contribution in [3.63, 3.8) is 0 Å². The summed E-state index contributed by atoms with van der Waals surface area (Å²) in [7, 11) is 2.05. The molecule has 1 saturated heterocycles. The molecule has 3 rings (SSSR count). The van der Waals surface area contributed by atoms with Crippen molar-refractivity contribution in [2.45, 2.75) is 13.0 Å². The molecule has 0 aliphatic carbocycles. The Morgan fingerprint density at radius 3 is 3.05 bits per heavy atom. The van der Waals surface area contributed by atoms with E-state index in [-0.39, 0.29) is 11.8 Å². The fraction of sp³-hybridized carbons (Fsp3) is 0.375. The molecule has 1 aliphatic rings. The first kappa shape index (κ1) is 13.8. The minimum absolute atomic E-state index is 0.102. The van der Waals surface area contributed by atoms with Crippen molar-refractivity contribution in [1.29, 1.82) is 0 Å². The Morgan fingerprint density at radius 2 is 2.33 bits per heavy atom. The van der Waals surface area contributed by atoms with Crippen molar-refractivity contribution in [3.05, 3.63) is 48.3 Å². The molecule has 1 aliphatic heterocycles. The van der Waals surface area contributed by atoms with Crippen LogP contribution < -0.4 is 5.32 Å². The van der Waals surface area contributed by atoms with Crippen LogP contribution in [0.25, 0.3) is 0 Å². The lowest BCUT2D eigenvalue weighted by Gasteiger charge is -2.12. The third-order valence-electron chi connectivity index (χ3n) is 3.86. The van der Waals surface area contributed by atoms with Crippen LogP contribution in [0.5, 0.6) is 0 Å². The zero-order chi connectivity index (χ0) is 14.7. The van der Waals surface area contributed by atoms with Gasteiger partial charge in [0.2, 0.25) is 5.91 Å². The number of nitrogens with zero attached hydrogens (tertiary/aromatic N) is 3. The van der Waals surface area contributed by atoms with Crippen LogP contribution in [0.4, 0.5) is 5.69 Å². The van der Waals surface area contributed by atoms with Crippen molar-refractivity contribution < 1.29 is 4.79 Å². The maximum atomic E-state index is 12.2. The Bertz CT molecular complexity index is 608. The number of anilines is 1. The summed E-state index contributed by atoms with van der Waals surface area (Å²) >= 11 is 0. The van der Waals surface area contributed by atoms with Crippen molar-refractivity contribution >= 4 is 11.6 Å². The van der Waals surface area contributed by atoms with E-state index in [1.54, 1.807) is 6.20 Å².